The summed E-state index contributed by atoms with van der Waals surface area (Å²) < 4.78 is 0. The first-order valence-corrected chi connectivity index (χ1v) is 6.23. The maximum absolute atomic E-state index is 2.49. The molecule has 1 rings (SSSR count). The second-order valence-corrected chi connectivity index (χ2v) is 5.13. The van der Waals surface area contributed by atoms with Crippen molar-refractivity contribution < 1.29 is 0 Å². The zero-order valence-electron chi connectivity index (χ0n) is 9.73. The van der Waals surface area contributed by atoms with Crippen molar-refractivity contribution in [1.82, 2.24) is 0 Å². The number of hydrogen-bond acceptors (Lipinski definition) is 0. The van der Waals surface area contributed by atoms with Gasteiger partial charge in [-0.1, -0.05) is 59.3 Å². The second kappa shape index (κ2) is 5.02. The molecule has 0 spiro atoms. The van der Waals surface area contributed by atoms with E-state index in [-0.39, 0.29) is 0 Å². The summed E-state index contributed by atoms with van der Waals surface area (Å²) in [5.74, 6) is 1.07. The normalized spacial score (nSPS) is 32.1. The number of unbranched alkanes of at least 4 members (excludes halogenated alkanes) is 4. The molecule has 13 heavy (non-hydrogen) atoms. The van der Waals surface area contributed by atoms with Crippen LogP contribution in [0.2, 0.25) is 0 Å². The van der Waals surface area contributed by atoms with Gasteiger partial charge in [-0.05, 0) is 24.2 Å². The smallest absolute Gasteiger partial charge is 0.0295 e. The van der Waals surface area contributed by atoms with Crippen molar-refractivity contribution in [3.8, 4) is 0 Å². The zero-order valence-corrected chi connectivity index (χ0v) is 9.73. The summed E-state index contributed by atoms with van der Waals surface area (Å²) >= 11 is 0. The van der Waals surface area contributed by atoms with E-state index in [2.05, 4.69) is 20.8 Å². The number of hydrogen-bond donors (Lipinski definition) is 0. The van der Waals surface area contributed by atoms with E-state index >= 15 is 0 Å². The van der Waals surface area contributed by atoms with Gasteiger partial charge in [0.1, 0.15) is 0 Å². The number of rotatable bonds is 7. The van der Waals surface area contributed by atoms with E-state index in [1.807, 2.05) is 0 Å². The summed E-state index contributed by atoms with van der Waals surface area (Å²) in [4.78, 5) is 0. The Hall–Kier alpha value is 0. The maximum atomic E-state index is 2.49. The fraction of sp³-hybridized carbons (Fsp3) is 1.00. The van der Waals surface area contributed by atoms with Gasteiger partial charge < -0.3 is 0 Å². The molecule has 0 amide bonds. The van der Waals surface area contributed by atoms with Gasteiger partial charge in [-0.15, -0.1) is 0 Å². The van der Waals surface area contributed by atoms with Crippen molar-refractivity contribution in [2.45, 2.75) is 72.1 Å². The van der Waals surface area contributed by atoms with E-state index in [1.54, 1.807) is 0 Å². The van der Waals surface area contributed by atoms with Gasteiger partial charge in [0, 0.05) is 0 Å². The lowest BCUT2D eigenvalue weighted by Gasteiger charge is -2.09. The zero-order chi connectivity index (χ0) is 9.73. The molecule has 0 saturated heterocycles. The Balaban J connectivity index is 1.95. The Morgan fingerprint density at radius 1 is 1.08 bits per heavy atom. The Morgan fingerprint density at radius 2 is 1.77 bits per heavy atom. The van der Waals surface area contributed by atoms with E-state index in [9.17, 15) is 0 Å². The van der Waals surface area contributed by atoms with Gasteiger partial charge >= 0.3 is 0 Å². The van der Waals surface area contributed by atoms with Crippen LogP contribution >= 0.6 is 0 Å². The van der Waals surface area contributed by atoms with Crippen molar-refractivity contribution in [3.63, 3.8) is 0 Å². The minimum Gasteiger partial charge on any atom is -0.0654 e. The monoisotopic (exact) mass is 182 g/mol. The van der Waals surface area contributed by atoms with Gasteiger partial charge in [0.15, 0.2) is 0 Å². The van der Waals surface area contributed by atoms with E-state index in [0.29, 0.717) is 0 Å². The highest BCUT2D eigenvalue weighted by atomic mass is 14.5. The van der Waals surface area contributed by atoms with Gasteiger partial charge in [0.05, 0.1) is 0 Å². The third-order valence-corrected chi connectivity index (χ3v) is 3.88. The van der Waals surface area contributed by atoms with Gasteiger partial charge in [0.2, 0.25) is 0 Å². The van der Waals surface area contributed by atoms with Crippen molar-refractivity contribution >= 4 is 0 Å². The van der Waals surface area contributed by atoms with Crippen LogP contribution in [0.4, 0.5) is 0 Å². The summed E-state index contributed by atoms with van der Waals surface area (Å²) in [5, 5.41) is 0. The van der Waals surface area contributed by atoms with Crippen LogP contribution in [-0.4, -0.2) is 0 Å². The van der Waals surface area contributed by atoms with Gasteiger partial charge in [0.25, 0.3) is 0 Å². The Labute approximate surface area is 84.1 Å². The summed E-state index contributed by atoms with van der Waals surface area (Å²) in [6, 6.07) is 0. The molecule has 0 aliphatic heterocycles. The van der Waals surface area contributed by atoms with Gasteiger partial charge in [-0.3, -0.25) is 0 Å². The quantitative estimate of drug-likeness (QED) is 0.497. The first-order valence-electron chi connectivity index (χ1n) is 6.23. The van der Waals surface area contributed by atoms with Crippen LogP contribution in [0.25, 0.3) is 0 Å². The van der Waals surface area contributed by atoms with E-state index in [4.69, 9.17) is 0 Å². The summed E-state index contributed by atoms with van der Waals surface area (Å²) in [6.07, 6.45) is 11.6. The molecule has 1 saturated carbocycles. The molecule has 0 N–H and O–H groups in total. The average Bonchev–Trinajstić information content (AvgIpc) is 2.77. The van der Waals surface area contributed by atoms with Crippen LogP contribution in [0.3, 0.4) is 0 Å². The molecule has 1 aliphatic carbocycles. The third kappa shape index (κ3) is 3.32. The highest BCUT2D eigenvalue weighted by Crippen LogP contribution is 2.57. The molecule has 0 bridgehead atoms. The van der Waals surface area contributed by atoms with E-state index < -0.39 is 0 Å². The van der Waals surface area contributed by atoms with Crippen LogP contribution in [-0.2, 0) is 0 Å². The first kappa shape index (κ1) is 11.1. The minimum atomic E-state index is 0.765. The maximum Gasteiger partial charge on any atom is -0.0295 e. The largest absolute Gasteiger partial charge is 0.0654 e. The highest BCUT2D eigenvalue weighted by molar-refractivity contribution is 4.97. The molecule has 0 heterocycles. The van der Waals surface area contributed by atoms with E-state index in [0.717, 1.165) is 11.3 Å². The third-order valence-electron chi connectivity index (χ3n) is 3.88. The van der Waals surface area contributed by atoms with Crippen molar-refractivity contribution in [2.24, 2.45) is 11.3 Å². The Morgan fingerprint density at radius 3 is 2.31 bits per heavy atom. The van der Waals surface area contributed by atoms with Crippen LogP contribution in [0.5, 0.6) is 0 Å². The molecule has 0 aromatic carbocycles. The van der Waals surface area contributed by atoms with Crippen LogP contribution in [0, 0.1) is 11.3 Å². The van der Waals surface area contributed by atoms with E-state index in [1.165, 1.54) is 51.4 Å². The molecule has 0 nitrogen and oxygen atoms in total. The topological polar surface area (TPSA) is 0 Å². The van der Waals surface area contributed by atoms with Gasteiger partial charge in [-0.25, -0.2) is 0 Å². The summed E-state index contributed by atoms with van der Waals surface area (Å²) in [7, 11) is 0. The highest BCUT2D eigenvalue weighted by Gasteiger charge is 2.47. The molecule has 1 aliphatic rings. The molecular formula is C13H26. The van der Waals surface area contributed by atoms with Crippen molar-refractivity contribution in [3.05, 3.63) is 0 Å². The van der Waals surface area contributed by atoms with Crippen LogP contribution < -0.4 is 0 Å². The van der Waals surface area contributed by atoms with Crippen molar-refractivity contribution in [2.75, 3.05) is 0 Å². The standard InChI is InChI=1S/C13H26/c1-4-6-7-8-9-10-13(3)11-12(13)5-2/h12H,4-11H2,1-3H3/t12-,13+/m0/s1. The van der Waals surface area contributed by atoms with Crippen LogP contribution in [0.15, 0.2) is 0 Å². The molecule has 78 valence electrons. The summed E-state index contributed by atoms with van der Waals surface area (Å²) in [6.45, 7) is 7.11. The van der Waals surface area contributed by atoms with Crippen LogP contribution in [0.1, 0.15) is 72.1 Å². The molecule has 0 heteroatoms. The first-order chi connectivity index (χ1) is 6.23. The second-order valence-electron chi connectivity index (χ2n) is 5.13. The fourth-order valence-electron chi connectivity index (χ4n) is 2.58. The fourth-order valence-corrected chi connectivity index (χ4v) is 2.58. The lowest BCUT2D eigenvalue weighted by molar-refractivity contribution is 0.425. The minimum absolute atomic E-state index is 0.765. The lowest BCUT2D eigenvalue weighted by atomic mass is 9.96. The molecular weight excluding hydrogens is 156 g/mol. The Kier molecular flexibility index (Phi) is 4.28. The molecule has 0 aromatic heterocycles. The van der Waals surface area contributed by atoms with Gasteiger partial charge in [-0.2, -0.15) is 0 Å². The lowest BCUT2D eigenvalue weighted by Crippen LogP contribution is -1.97. The van der Waals surface area contributed by atoms with Crippen molar-refractivity contribution in [1.29, 1.82) is 0 Å². The average molecular weight is 182 g/mol. The molecule has 0 aromatic rings. The summed E-state index contributed by atoms with van der Waals surface area (Å²) in [5.41, 5.74) is 0.765. The molecule has 2 atom stereocenters. The molecule has 1 fully saturated rings. The Bertz CT molecular complexity index is 139. The molecule has 0 unspecified atom stereocenters. The molecule has 0 radical (unpaired) electrons. The predicted octanol–water partition coefficient (Wildman–Crippen LogP) is 4.78. The SMILES string of the molecule is CCCCCCC[C@]1(C)C[C@@H]1CC. The predicted molar refractivity (Wildman–Crippen MR) is 59.9 cm³/mol.